The summed E-state index contributed by atoms with van der Waals surface area (Å²) in [5.41, 5.74) is -2.69. The molecule has 6 heteroatoms. The van der Waals surface area contributed by atoms with E-state index < -0.39 is 49.5 Å². The second-order valence-corrected chi connectivity index (χ2v) is 5.40. The lowest BCUT2D eigenvalue weighted by atomic mass is 9.79. The molecule has 2 rings (SSSR count). The smallest absolute Gasteiger partial charge is 0.481 e. The van der Waals surface area contributed by atoms with Crippen molar-refractivity contribution in [2.75, 3.05) is 7.04 Å². The summed E-state index contributed by atoms with van der Waals surface area (Å²) in [6.45, 7) is 4.06. The van der Waals surface area contributed by atoms with E-state index in [4.69, 9.17) is 17.5 Å². The van der Waals surface area contributed by atoms with Gasteiger partial charge in [0.25, 0.3) is 0 Å². The van der Waals surface area contributed by atoms with Crippen LogP contribution in [0.25, 0.3) is 0 Å². The second kappa shape index (κ2) is 4.46. The molecule has 1 aromatic rings. The number of hydrogen-bond donors (Lipinski definition) is 0. The van der Waals surface area contributed by atoms with Gasteiger partial charge in [-0.25, -0.2) is 9.37 Å². The van der Waals surface area contributed by atoms with Crippen molar-refractivity contribution in [3.05, 3.63) is 17.6 Å². The van der Waals surface area contributed by atoms with E-state index in [2.05, 4.69) is 9.72 Å². The van der Waals surface area contributed by atoms with Crippen LogP contribution in [0.3, 0.4) is 0 Å². The Labute approximate surface area is 121 Å². The molecular formula is C13H19BFNO3. The molecule has 0 aliphatic carbocycles. The Hall–Kier alpha value is -1.14. The Morgan fingerprint density at radius 1 is 1.32 bits per heavy atom. The third-order valence-electron chi connectivity index (χ3n) is 3.61. The van der Waals surface area contributed by atoms with Crippen molar-refractivity contribution in [3.8, 4) is 5.88 Å². The highest BCUT2D eigenvalue weighted by Crippen LogP contribution is 2.36. The Morgan fingerprint density at radius 3 is 2.47 bits per heavy atom. The molecule has 1 aliphatic heterocycles. The number of methoxy groups -OCH3 is 1. The number of aromatic nitrogens is 1. The number of pyridine rings is 1. The quantitative estimate of drug-likeness (QED) is 0.771. The fourth-order valence-electron chi connectivity index (χ4n) is 1.70. The lowest BCUT2D eigenvalue weighted by Crippen LogP contribution is -2.41. The van der Waals surface area contributed by atoms with Gasteiger partial charge in [-0.05, 0) is 34.5 Å². The van der Waals surface area contributed by atoms with Gasteiger partial charge >= 0.3 is 7.12 Å². The van der Waals surface area contributed by atoms with Crippen LogP contribution in [0.15, 0.2) is 6.20 Å². The number of halogens is 1. The molecule has 19 heavy (non-hydrogen) atoms. The Bertz CT molecular complexity index is 661. The standard InChI is InChI=1S/C13H19BFNO3/c1-8-10(15)9(7-16-11(8)17-6)14-18-12(2,3)13(4,5)19-14/h7H,1-6H3/i1D3,6D3. The monoisotopic (exact) mass is 273 g/mol. The maximum atomic E-state index is 14.9. The van der Waals surface area contributed by atoms with Crippen LogP contribution < -0.4 is 10.2 Å². The highest BCUT2D eigenvalue weighted by Gasteiger charge is 2.52. The maximum Gasteiger partial charge on any atom is 0.499 e. The Kier molecular flexibility index (Phi) is 1.93. The van der Waals surface area contributed by atoms with Gasteiger partial charge in [0.2, 0.25) is 5.88 Å². The molecule has 0 bridgehead atoms. The molecule has 1 fully saturated rings. The zero-order chi connectivity index (χ0) is 19.4. The van der Waals surface area contributed by atoms with Gasteiger partial charge in [-0.2, -0.15) is 0 Å². The minimum Gasteiger partial charge on any atom is -0.481 e. The van der Waals surface area contributed by atoms with Gasteiger partial charge in [0.05, 0.1) is 22.4 Å². The normalized spacial score (nSPS) is 26.7. The molecule has 1 aliphatic rings. The van der Waals surface area contributed by atoms with E-state index in [9.17, 15) is 4.39 Å². The molecule has 0 radical (unpaired) electrons. The first-order chi connectivity index (χ1) is 11.1. The van der Waals surface area contributed by atoms with Gasteiger partial charge in [0.15, 0.2) is 0 Å². The largest absolute Gasteiger partial charge is 0.499 e. The average Bonchev–Trinajstić information content (AvgIpc) is 2.54. The summed E-state index contributed by atoms with van der Waals surface area (Å²) in [6.07, 6.45) is 0.966. The molecule has 1 aromatic heterocycles. The minimum absolute atomic E-state index is 0.234. The van der Waals surface area contributed by atoms with E-state index in [1.165, 1.54) is 0 Å². The topological polar surface area (TPSA) is 40.6 Å². The predicted octanol–water partition coefficient (Wildman–Crippen LogP) is 1.84. The molecular weight excluding hydrogens is 248 g/mol. The lowest BCUT2D eigenvalue weighted by Gasteiger charge is -2.32. The number of ether oxygens (including phenoxy) is 1. The fourth-order valence-corrected chi connectivity index (χ4v) is 1.70. The van der Waals surface area contributed by atoms with Gasteiger partial charge in [0.1, 0.15) is 5.82 Å². The highest BCUT2D eigenvalue weighted by molar-refractivity contribution is 6.62. The van der Waals surface area contributed by atoms with E-state index in [-0.39, 0.29) is 5.46 Å². The molecule has 0 N–H and O–H groups in total. The van der Waals surface area contributed by atoms with Gasteiger partial charge in [-0.3, -0.25) is 0 Å². The Morgan fingerprint density at radius 2 is 1.95 bits per heavy atom. The van der Waals surface area contributed by atoms with E-state index in [0.29, 0.717) is 0 Å². The molecule has 0 aromatic carbocycles. The van der Waals surface area contributed by atoms with Gasteiger partial charge in [-0.15, -0.1) is 0 Å². The highest BCUT2D eigenvalue weighted by atomic mass is 19.1. The fraction of sp³-hybridized carbons (Fsp3) is 0.615. The van der Waals surface area contributed by atoms with E-state index in [0.717, 1.165) is 6.20 Å². The SMILES string of the molecule is [2H]C([2H])([2H])Oc1ncc(B2OC(C)(C)C(C)(C)O2)c(F)c1C([2H])([2H])[2H]. The summed E-state index contributed by atoms with van der Waals surface area (Å²) in [7, 11) is -4.15. The van der Waals surface area contributed by atoms with Crippen molar-refractivity contribution in [3.63, 3.8) is 0 Å². The predicted molar refractivity (Wildman–Crippen MR) is 71.2 cm³/mol. The van der Waals surface area contributed by atoms with Crippen molar-refractivity contribution < 1.29 is 26.7 Å². The summed E-state index contributed by atoms with van der Waals surface area (Å²) >= 11 is 0. The summed E-state index contributed by atoms with van der Waals surface area (Å²) in [4.78, 5) is 3.69. The van der Waals surface area contributed by atoms with Crippen molar-refractivity contribution in [1.82, 2.24) is 4.98 Å². The maximum absolute atomic E-state index is 14.9. The third kappa shape index (κ3) is 2.23. The zero-order valence-corrected chi connectivity index (χ0v) is 11.2. The van der Waals surface area contributed by atoms with Gasteiger partial charge < -0.3 is 14.0 Å². The number of hydrogen-bond acceptors (Lipinski definition) is 4. The number of nitrogens with zero attached hydrogens (tertiary/aromatic N) is 1. The average molecular weight is 273 g/mol. The Balaban J connectivity index is 2.53. The van der Waals surface area contributed by atoms with Crippen LogP contribution in [-0.4, -0.2) is 30.3 Å². The molecule has 1 saturated heterocycles. The summed E-state index contributed by atoms with van der Waals surface area (Å²) in [5.74, 6) is -1.99. The summed E-state index contributed by atoms with van der Waals surface area (Å²) in [5, 5.41) is 0. The lowest BCUT2D eigenvalue weighted by molar-refractivity contribution is 0.00578. The van der Waals surface area contributed by atoms with E-state index in [1.807, 2.05) is 0 Å². The molecule has 0 unspecified atom stereocenters. The van der Waals surface area contributed by atoms with Crippen LogP contribution in [-0.2, 0) is 9.31 Å². The van der Waals surface area contributed by atoms with E-state index in [1.54, 1.807) is 27.7 Å². The van der Waals surface area contributed by atoms with Crippen LogP contribution >= 0.6 is 0 Å². The van der Waals surface area contributed by atoms with Crippen molar-refractivity contribution in [2.45, 2.75) is 45.7 Å². The molecule has 104 valence electrons. The molecule has 0 saturated carbocycles. The first-order valence-electron chi connectivity index (χ1n) is 8.79. The van der Waals surface area contributed by atoms with Crippen LogP contribution in [0.2, 0.25) is 0 Å². The van der Waals surface area contributed by atoms with Gasteiger partial charge in [0, 0.05) is 21.3 Å². The molecule has 0 spiro atoms. The van der Waals surface area contributed by atoms with E-state index >= 15 is 0 Å². The van der Waals surface area contributed by atoms with Crippen molar-refractivity contribution >= 4 is 12.6 Å². The summed E-state index contributed by atoms with van der Waals surface area (Å²) in [6, 6.07) is 0. The third-order valence-corrected chi connectivity index (χ3v) is 3.61. The number of rotatable bonds is 2. The molecule has 0 atom stereocenters. The van der Waals surface area contributed by atoms with Crippen LogP contribution in [0.4, 0.5) is 4.39 Å². The van der Waals surface area contributed by atoms with Crippen molar-refractivity contribution in [2.24, 2.45) is 0 Å². The first kappa shape index (κ1) is 8.22. The molecule has 0 amide bonds. The van der Waals surface area contributed by atoms with Gasteiger partial charge in [-0.1, -0.05) is 0 Å². The van der Waals surface area contributed by atoms with Crippen LogP contribution in [0.5, 0.6) is 5.88 Å². The minimum atomic E-state index is -2.97. The zero-order valence-electron chi connectivity index (χ0n) is 17.2. The van der Waals surface area contributed by atoms with Crippen molar-refractivity contribution in [1.29, 1.82) is 0 Å². The second-order valence-electron chi connectivity index (χ2n) is 5.40. The molecule has 4 nitrogen and oxygen atoms in total. The first-order valence-corrected chi connectivity index (χ1v) is 5.79. The van der Waals surface area contributed by atoms with Crippen LogP contribution in [0.1, 0.15) is 41.5 Å². The van der Waals surface area contributed by atoms with Crippen LogP contribution in [0, 0.1) is 12.7 Å². The summed E-state index contributed by atoms with van der Waals surface area (Å²) < 4.78 is 74.6. The molecule has 2 heterocycles.